The molecule has 2 N–H and O–H groups in total. The van der Waals surface area contributed by atoms with Crippen LogP contribution in [0.4, 0.5) is 10.7 Å². The van der Waals surface area contributed by atoms with Crippen LogP contribution in [-0.2, 0) is 22.4 Å². The van der Waals surface area contributed by atoms with Gasteiger partial charge in [0.05, 0.1) is 11.9 Å². The number of nitrogens with zero attached hydrogens (tertiary/aromatic N) is 3. The first kappa shape index (κ1) is 22.5. The van der Waals surface area contributed by atoms with Crippen molar-refractivity contribution < 1.29 is 14.7 Å². The van der Waals surface area contributed by atoms with Crippen molar-refractivity contribution in [3.8, 4) is 0 Å². The fourth-order valence-corrected chi connectivity index (χ4v) is 5.22. The minimum atomic E-state index is -0.833. The fourth-order valence-electron chi connectivity index (χ4n) is 4.05. The van der Waals surface area contributed by atoms with E-state index in [1.807, 2.05) is 12.1 Å². The molecule has 3 heterocycles. The molecule has 0 spiro atoms. The number of carboxylic acid groups (broad SMARTS) is 1. The van der Waals surface area contributed by atoms with E-state index in [9.17, 15) is 4.79 Å². The standard InChI is InChI=1S/C21H21ClN4OS.C2H4O2/c22-17-13-19-15(12-20(27)23-19)11-14(17)5-6-25-7-9-26(10-8-25)21-16-3-1-2-4-18(16)24-28-21;1-2(3)4/h1-4,11,13H,5-10,12H2,(H,23,27);1H3,(H,3,4). The molecule has 2 aromatic carbocycles. The highest BCUT2D eigenvalue weighted by molar-refractivity contribution is 7.11. The predicted octanol–water partition coefficient (Wildman–Crippen LogP) is 3.90. The number of halogens is 1. The third kappa shape index (κ3) is 5.20. The molecule has 2 aliphatic rings. The van der Waals surface area contributed by atoms with Gasteiger partial charge in [0, 0.05) is 55.7 Å². The number of benzene rings is 2. The Balaban J connectivity index is 0.000000567. The molecule has 1 saturated heterocycles. The number of piperazine rings is 1. The van der Waals surface area contributed by atoms with Gasteiger partial charge >= 0.3 is 0 Å². The number of anilines is 2. The molecule has 2 aliphatic heterocycles. The third-order valence-electron chi connectivity index (χ3n) is 5.62. The Hall–Kier alpha value is -2.68. The number of hydrogen-bond acceptors (Lipinski definition) is 6. The van der Waals surface area contributed by atoms with Gasteiger partial charge in [-0.15, -0.1) is 0 Å². The van der Waals surface area contributed by atoms with Crippen LogP contribution >= 0.6 is 23.1 Å². The summed E-state index contributed by atoms with van der Waals surface area (Å²) in [4.78, 5) is 25.5. The molecular weight excluding hydrogens is 448 g/mol. The smallest absolute Gasteiger partial charge is 0.300 e. The van der Waals surface area contributed by atoms with Crippen molar-refractivity contribution in [3.63, 3.8) is 0 Å². The van der Waals surface area contributed by atoms with Crippen molar-refractivity contribution in [2.75, 3.05) is 42.9 Å². The Bertz CT molecular complexity index is 1140. The second kappa shape index (κ2) is 9.85. The number of carbonyl (C=O) groups is 2. The van der Waals surface area contributed by atoms with E-state index in [-0.39, 0.29) is 5.91 Å². The van der Waals surface area contributed by atoms with Crippen LogP contribution in [0.25, 0.3) is 10.9 Å². The van der Waals surface area contributed by atoms with Gasteiger partial charge in [-0.25, -0.2) is 0 Å². The number of aromatic nitrogens is 1. The van der Waals surface area contributed by atoms with E-state index in [0.717, 1.165) is 73.4 Å². The minimum absolute atomic E-state index is 0.0509. The maximum absolute atomic E-state index is 11.6. The topological polar surface area (TPSA) is 85.8 Å². The Morgan fingerprint density at radius 3 is 2.69 bits per heavy atom. The van der Waals surface area contributed by atoms with Gasteiger partial charge in [-0.3, -0.25) is 14.5 Å². The number of nitrogens with one attached hydrogen (secondary N) is 1. The maximum atomic E-state index is 11.6. The predicted molar refractivity (Wildman–Crippen MR) is 129 cm³/mol. The molecule has 0 atom stereocenters. The molecule has 9 heteroatoms. The molecule has 1 amide bonds. The Labute approximate surface area is 195 Å². The van der Waals surface area contributed by atoms with E-state index in [0.29, 0.717) is 6.42 Å². The van der Waals surface area contributed by atoms with E-state index >= 15 is 0 Å². The molecule has 168 valence electrons. The van der Waals surface area contributed by atoms with Crippen LogP contribution in [0.3, 0.4) is 0 Å². The van der Waals surface area contributed by atoms with Gasteiger partial charge < -0.3 is 15.3 Å². The molecule has 1 aromatic heterocycles. The molecule has 7 nitrogen and oxygen atoms in total. The highest BCUT2D eigenvalue weighted by Crippen LogP contribution is 2.32. The number of hydrogen-bond donors (Lipinski definition) is 2. The summed E-state index contributed by atoms with van der Waals surface area (Å²) in [6.07, 6.45) is 1.37. The molecule has 0 bridgehead atoms. The molecule has 32 heavy (non-hydrogen) atoms. The average Bonchev–Trinajstić information content (AvgIpc) is 3.34. The first-order valence-corrected chi connectivity index (χ1v) is 11.7. The summed E-state index contributed by atoms with van der Waals surface area (Å²) in [5.41, 5.74) is 4.15. The lowest BCUT2D eigenvalue weighted by Gasteiger charge is -2.35. The second-order valence-corrected chi connectivity index (χ2v) is 9.09. The van der Waals surface area contributed by atoms with E-state index in [2.05, 4.69) is 43.8 Å². The van der Waals surface area contributed by atoms with Gasteiger partial charge in [-0.2, -0.15) is 4.37 Å². The Kier molecular flexibility index (Phi) is 6.93. The summed E-state index contributed by atoms with van der Waals surface area (Å²) in [5.74, 6) is -0.782. The summed E-state index contributed by atoms with van der Waals surface area (Å²) in [7, 11) is 0. The first-order chi connectivity index (χ1) is 15.4. The first-order valence-electron chi connectivity index (χ1n) is 10.5. The summed E-state index contributed by atoms with van der Waals surface area (Å²) in [6.45, 7) is 6.17. The van der Waals surface area contributed by atoms with Crippen molar-refractivity contribution in [2.24, 2.45) is 0 Å². The Morgan fingerprint density at radius 1 is 1.22 bits per heavy atom. The molecule has 0 radical (unpaired) electrons. The fraction of sp³-hybridized carbons (Fsp3) is 0.348. The molecule has 0 aliphatic carbocycles. The number of carbonyl (C=O) groups excluding carboxylic acids is 1. The SMILES string of the molecule is CC(=O)O.O=C1Cc2cc(CCN3CCN(c4snc5ccccc45)CC3)c(Cl)cc2N1. The number of fused-ring (bicyclic) bond motifs is 2. The molecule has 3 aromatic rings. The van der Waals surface area contributed by atoms with Crippen LogP contribution < -0.4 is 10.2 Å². The van der Waals surface area contributed by atoms with Gasteiger partial charge in [0.15, 0.2) is 0 Å². The lowest BCUT2D eigenvalue weighted by molar-refractivity contribution is -0.134. The van der Waals surface area contributed by atoms with Crippen LogP contribution in [0.15, 0.2) is 36.4 Å². The second-order valence-electron chi connectivity index (χ2n) is 7.93. The summed E-state index contributed by atoms with van der Waals surface area (Å²) >= 11 is 8.04. The highest BCUT2D eigenvalue weighted by Gasteiger charge is 2.22. The highest BCUT2D eigenvalue weighted by atomic mass is 35.5. The lowest BCUT2D eigenvalue weighted by atomic mass is 10.1. The summed E-state index contributed by atoms with van der Waals surface area (Å²) in [6, 6.07) is 12.4. The number of aliphatic carboxylic acids is 1. The average molecular weight is 473 g/mol. The van der Waals surface area contributed by atoms with Crippen molar-refractivity contribution in [3.05, 3.63) is 52.5 Å². The Morgan fingerprint density at radius 2 is 1.94 bits per heavy atom. The molecule has 1 fully saturated rings. The minimum Gasteiger partial charge on any atom is -0.481 e. The third-order valence-corrected chi connectivity index (χ3v) is 6.91. The van der Waals surface area contributed by atoms with E-state index in [1.54, 1.807) is 11.5 Å². The maximum Gasteiger partial charge on any atom is 0.300 e. The van der Waals surface area contributed by atoms with Crippen molar-refractivity contribution in [1.82, 2.24) is 9.27 Å². The molecule has 0 unspecified atom stereocenters. The van der Waals surface area contributed by atoms with Gasteiger partial charge in [-0.1, -0.05) is 29.8 Å². The summed E-state index contributed by atoms with van der Waals surface area (Å²) in [5, 5.41) is 13.6. The van der Waals surface area contributed by atoms with Gasteiger partial charge in [0.1, 0.15) is 5.00 Å². The lowest BCUT2D eigenvalue weighted by Crippen LogP contribution is -2.46. The summed E-state index contributed by atoms with van der Waals surface area (Å²) < 4.78 is 4.58. The van der Waals surface area contributed by atoms with E-state index < -0.39 is 5.97 Å². The van der Waals surface area contributed by atoms with E-state index in [1.165, 1.54) is 10.4 Å². The van der Waals surface area contributed by atoms with Gasteiger partial charge in [-0.05, 0) is 47.3 Å². The van der Waals surface area contributed by atoms with Crippen LogP contribution in [0.2, 0.25) is 5.02 Å². The van der Waals surface area contributed by atoms with Crippen LogP contribution in [0.1, 0.15) is 18.1 Å². The normalized spacial score (nSPS) is 15.8. The molecule has 0 saturated carbocycles. The van der Waals surface area contributed by atoms with Crippen LogP contribution in [-0.4, -0.2) is 59.0 Å². The van der Waals surface area contributed by atoms with Crippen molar-refractivity contribution >= 4 is 56.6 Å². The number of rotatable bonds is 4. The monoisotopic (exact) mass is 472 g/mol. The van der Waals surface area contributed by atoms with Crippen molar-refractivity contribution in [1.29, 1.82) is 0 Å². The molecule has 5 rings (SSSR count). The van der Waals surface area contributed by atoms with E-state index in [4.69, 9.17) is 21.5 Å². The van der Waals surface area contributed by atoms with Gasteiger partial charge in [0.2, 0.25) is 5.91 Å². The number of amides is 1. The molecular formula is C23H25ClN4O3S. The largest absolute Gasteiger partial charge is 0.481 e. The quantitative estimate of drug-likeness (QED) is 0.599. The zero-order chi connectivity index (χ0) is 22.7. The van der Waals surface area contributed by atoms with Crippen LogP contribution in [0, 0.1) is 0 Å². The number of carboxylic acids is 1. The van der Waals surface area contributed by atoms with Gasteiger partial charge in [0.25, 0.3) is 5.97 Å². The zero-order valence-electron chi connectivity index (χ0n) is 17.8. The zero-order valence-corrected chi connectivity index (χ0v) is 19.4. The van der Waals surface area contributed by atoms with Crippen molar-refractivity contribution in [2.45, 2.75) is 19.8 Å². The van der Waals surface area contributed by atoms with Crippen LogP contribution in [0.5, 0.6) is 0 Å².